The number of rotatable bonds is 8. The molecule has 0 aromatic heterocycles. The second-order valence-corrected chi connectivity index (χ2v) is 7.76. The summed E-state index contributed by atoms with van der Waals surface area (Å²) in [4.78, 5) is 12.5. The highest BCUT2D eigenvalue weighted by Gasteiger charge is 2.16. The van der Waals surface area contributed by atoms with Gasteiger partial charge >= 0.3 is 0 Å². The number of anilines is 2. The van der Waals surface area contributed by atoms with Crippen molar-refractivity contribution >= 4 is 27.3 Å². The Morgan fingerprint density at radius 2 is 1.66 bits per heavy atom. The third-order valence-corrected chi connectivity index (χ3v) is 5.29. The molecule has 7 heteroatoms. The van der Waals surface area contributed by atoms with E-state index in [2.05, 4.69) is 16.6 Å². The molecule has 3 rings (SSSR count). The van der Waals surface area contributed by atoms with Crippen LogP contribution in [0.2, 0.25) is 0 Å². The lowest BCUT2D eigenvalue weighted by molar-refractivity contribution is 0.102. The SMILES string of the molecule is C=CCOc1ccc(NC(=O)c2cccc(S(=O)(=O)Nc3ccccc3)c2)cc1. The zero-order valence-corrected chi connectivity index (χ0v) is 16.4. The predicted molar refractivity (Wildman–Crippen MR) is 114 cm³/mol. The van der Waals surface area contributed by atoms with E-state index in [1.165, 1.54) is 18.2 Å². The van der Waals surface area contributed by atoms with Gasteiger partial charge < -0.3 is 10.1 Å². The van der Waals surface area contributed by atoms with Crippen LogP contribution in [0.5, 0.6) is 5.75 Å². The molecule has 3 aromatic carbocycles. The first-order chi connectivity index (χ1) is 14.0. The summed E-state index contributed by atoms with van der Waals surface area (Å²) >= 11 is 0. The summed E-state index contributed by atoms with van der Waals surface area (Å²) in [6, 6.07) is 21.3. The van der Waals surface area contributed by atoms with Gasteiger partial charge in [-0.2, -0.15) is 0 Å². The molecule has 148 valence electrons. The number of carbonyl (C=O) groups excluding carboxylic acids is 1. The van der Waals surface area contributed by atoms with Crippen LogP contribution in [0.4, 0.5) is 11.4 Å². The molecule has 1 amide bonds. The van der Waals surface area contributed by atoms with Crippen molar-refractivity contribution in [2.45, 2.75) is 4.90 Å². The van der Waals surface area contributed by atoms with E-state index in [-0.39, 0.29) is 10.5 Å². The molecule has 0 unspecified atom stereocenters. The summed E-state index contributed by atoms with van der Waals surface area (Å²) in [5.41, 5.74) is 1.24. The van der Waals surface area contributed by atoms with Crippen molar-refractivity contribution in [2.75, 3.05) is 16.6 Å². The number of amides is 1. The van der Waals surface area contributed by atoms with Gasteiger partial charge in [-0.1, -0.05) is 36.9 Å². The molecule has 0 atom stereocenters. The van der Waals surface area contributed by atoms with E-state index in [1.807, 2.05) is 0 Å². The van der Waals surface area contributed by atoms with Gasteiger partial charge in [-0.3, -0.25) is 9.52 Å². The fourth-order valence-electron chi connectivity index (χ4n) is 2.52. The Morgan fingerprint density at radius 3 is 2.34 bits per heavy atom. The van der Waals surface area contributed by atoms with E-state index in [4.69, 9.17) is 4.74 Å². The molecular weight excluding hydrogens is 388 g/mol. The third kappa shape index (κ3) is 5.46. The molecule has 0 aliphatic carbocycles. The minimum atomic E-state index is -3.81. The highest BCUT2D eigenvalue weighted by Crippen LogP contribution is 2.19. The minimum Gasteiger partial charge on any atom is -0.490 e. The highest BCUT2D eigenvalue weighted by molar-refractivity contribution is 7.92. The van der Waals surface area contributed by atoms with Crippen LogP contribution in [0.1, 0.15) is 10.4 Å². The predicted octanol–water partition coefficient (Wildman–Crippen LogP) is 4.30. The average Bonchev–Trinajstić information content (AvgIpc) is 2.74. The first kappa shape index (κ1) is 20.2. The fourth-order valence-corrected chi connectivity index (χ4v) is 3.62. The number of sulfonamides is 1. The summed E-state index contributed by atoms with van der Waals surface area (Å²) < 4.78 is 33.1. The number of benzene rings is 3. The molecule has 0 saturated heterocycles. The molecule has 0 heterocycles. The van der Waals surface area contributed by atoms with Crippen molar-refractivity contribution in [3.63, 3.8) is 0 Å². The standard InChI is InChI=1S/C22H20N2O4S/c1-2-15-28-20-13-11-18(12-14-20)23-22(25)17-7-6-10-21(16-17)29(26,27)24-19-8-4-3-5-9-19/h2-14,16,24H,1,15H2,(H,23,25). The Balaban J connectivity index is 1.73. The molecule has 0 fully saturated rings. The van der Waals surface area contributed by atoms with Gasteiger partial charge in [-0.25, -0.2) is 8.42 Å². The highest BCUT2D eigenvalue weighted by atomic mass is 32.2. The lowest BCUT2D eigenvalue weighted by Crippen LogP contribution is -2.16. The van der Waals surface area contributed by atoms with Crippen molar-refractivity contribution in [2.24, 2.45) is 0 Å². The van der Waals surface area contributed by atoms with Crippen molar-refractivity contribution in [3.05, 3.63) is 97.1 Å². The zero-order valence-electron chi connectivity index (χ0n) is 15.5. The zero-order chi connectivity index (χ0) is 20.7. The van der Waals surface area contributed by atoms with Crippen molar-refractivity contribution < 1.29 is 17.9 Å². The number of nitrogens with one attached hydrogen (secondary N) is 2. The van der Waals surface area contributed by atoms with Crippen LogP contribution in [-0.4, -0.2) is 20.9 Å². The summed E-state index contributed by atoms with van der Waals surface area (Å²) in [6.07, 6.45) is 1.64. The number of hydrogen-bond donors (Lipinski definition) is 2. The molecule has 29 heavy (non-hydrogen) atoms. The molecular formula is C22H20N2O4S. The van der Waals surface area contributed by atoms with Gasteiger partial charge in [0.05, 0.1) is 4.90 Å². The Kier molecular flexibility index (Phi) is 6.31. The van der Waals surface area contributed by atoms with Crippen molar-refractivity contribution in [3.8, 4) is 5.75 Å². The molecule has 0 aliphatic rings. The third-order valence-electron chi connectivity index (χ3n) is 3.91. The van der Waals surface area contributed by atoms with Crippen LogP contribution in [0, 0.1) is 0 Å². The summed E-state index contributed by atoms with van der Waals surface area (Å²) in [7, 11) is -3.81. The summed E-state index contributed by atoms with van der Waals surface area (Å²) in [5.74, 6) is 0.240. The normalized spacial score (nSPS) is 10.8. The smallest absolute Gasteiger partial charge is 0.261 e. The van der Waals surface area contributed by atoms with Gasteiger partial charge in [0.25, 0.3) is 15.9 Å². The van der Waals surface area contributed by atoms with Gasteiger partial charge in [0.15, 0.2) is 0 Å². The topological polar surface area (TPSA) is 84.5 Å². The molecule has 0 radical (unpaired) electrons. The van der Waals surface area contributed by atoms with Gasteiger partial charge in [0, 0.05) is 16.9 Å². The molecule has 0 spiro atoms. The van der Waals surface area contributed by atoms with E-state index in [0.717, 1.165) is 0 Å². The number of para-hydroxylation sites is 1. The van der Waals surface area contributed by atoms with Crippen LogP contribution in [0.3, 0.4) is 0 Å². The number of carbonyl (C=O) groups is 1. The average molecular weight is 408 g/mol. The monoisotopic (exact) mass is 408 g/mol. The van der Waals surface area contributed by atoms with E-state index in [0.29, 0.717) is 23.7 Å². The first-order valence-corrected chi connectivity index (χ1v) is 10.3. The molecule has 0 aliphatic heterocycles. The largest absolute Gasteiger partial charge is 0.490 e. The minimum absolute atomic E-state index is 0.00201. The number of hydrogen-bond acceptors (Lipinski definition) is 4. The lowest BCUT2D eigenvalue weighted by atomic mass is 10.2. The van der Waals surface area contributed by atoms with E-state index >= 15 is 0 Å². The Hall–Kier alpha value is -3.58. The second-order valence-electron chi connectivity index (χ2n) is 6.08. The Morgan fingerprint density at radius 1 is 0.931 bits per heavy atom. The molecule has 6 nitrogen and oxygen atoms in total. The maximum absolute atomic E-state index is 12.6. The van der Waals surface area contributed by atoms with Crippen LogP contribution in [-0.2, 0) is 10.0 Å². The van der Waals surface area contributed by atoms with E-state index < -0.39 is 15.9 Å². The van der Waals surface area contributed by atoms with E-state index in [1.54, 1.807) is 66.7 Å². The molecule has 0 bridgehead atoms. The summed E-state index contributed by atoms with van der Waals surface area (Å²) in [6.45, 7) is 3.98. The Bertz CT molecular complexity index is 1100. The van der Waals surface area contributed by atoms with Crippen LogP contribution < -0.4 is 14.8 Å². The lowest BCUT2D eigenvalue weighted by Gasteiger charge is -2.10. The van der Waals surface area contributed by atoms with Crippen molar-refractivity contribution in [1.82, 2.24) is 0 Å². The fraction of sp³-hybridized carbons (Fsp3) is 0.0455. The first-order valence-electron chi connectivity index (χ1n) is 8.81. The van der Waals surface area contributed by atoms with Gasteiger partial charge in [0.1, 0.15) is 12.4 Å². The van der Waals surface area contributed by atoms with Gasteiger partial charge in [0.2, 0.25) is 0 Å². The maximum atomic E-state index is 12.6. The van der Waals surface area contributed by atoms with Crippen LogP contribution in [0.25, 0.3) is 0 Å². The molecule has 0 saturated carbocycles. The maximum Gasteiger partial charge on any atom is 0.261 e. The second kappa shape index (κ2) is 9.07. The van der Waals surface area contributed by atoms with Gasteiger partial charge in [-0.15, -0.1) is 0 Å². The molecule has 2 N–H and O–H groups in total. The van der Waals surface area contributed by atoms with Crippen molar-refractivity contribution in [1.29, 1.82) is 0 Å². The molecule has 3 aromatic rings. The van der Waals surface area contributed by atoms with Crippen LogP contribution >= 0.6 is 0 Å². The van der Waals surface area contributed by atoms with Crippen LogP contribution in [0.15, 0.2) is 96.4 Å². The summed E-state index contributed by atoms with van der Waals surface area (Å²) in [5, 5.41) is 2.74. The quantitative estimate of drug-likeness (QED) is 0.544. The Labute approximate surface area is 169 Å². The van der Waals surface area contributed by atoms with E-state index in [9.17, 15) is 13.2 Å². The number of ether oxygens (including phenoxy) is 1. The van der Waals surface area contributed by atoms with Gasteiger partial charge in [-0.05, 0) is 54.6 Å².